The number of ether oxygens (including phenoxy) is 2. The number of epoxide rings is 1. The number of nitrogens with one attached hydrogen (secondary N) is 1. The van der Waals surface area contributed by atoms with Gasteiger partial charge in [0.05, 0.1) is 19.8 Å². The van der Waals surface area contributed by atoms with Gasteiger partial charge in [0, 0.05) is 18.4 Å². The second kappa shape index (κ2) is 6.08. The molecule has 0 saturated carbocycles. The number of quaternary nitrogens is 1. The Morgan fingerprint density at radius 3 is 2.33 bits per heavy atom. The van der Waals surface area contributed by atoms with Crippen molar-refractivity contribution < 1.29 is 18.8 Å². The van der Waals surface area contributed by atoms with E-state index < -0.39 is 0 Å². The lowest BCUT2D eigenvalue weighted by atomic mass is 9.96. The van der Waals surface area contributed by atoms with Crippen molar-refractivity contribution in [2.24, 2.45) is 0 Å². The van der Waals surface area contributed by atoms with Gasteiger partial charge in [-0.25, -0.2) is 4.79 Å². The lowest BCUT2D eigenvalue weighted by Crippen LogP contribution is -2.60. The highest BCUT2D eigenvalue weighted by Crippen LogP contribution is 2.51. The lowest BCUT2D eigenvalue weighted by Gasteiger charge is -2.45. The van der Waals surface area contributed by atoms with Crippen LogP contribution in [0, 0.1) is 0 Å². The predicted octanol–water partition coefficient (Wildman–Crippen LogP) is 3.66. The number of anilines is 1. The van der Waals surface area contributed by atoms with E-state index in [2.05, 4.69) is 19.4 Å². The Kier molecular flexibility index (Phi) is 3.78. The molecule has 5 heteroatoms. The molecule has 1 amide bonds. The van der Waals surface area contributed by atoms with Crippen LogP contribution in [0.2, 0.25) is 0 Å². The number of para-hydroxylation sites is 1. The van der Waals surface area contributed by atoms with Crippen molar-refractivity contribution in [3.63, 3.8) is 0 Å². The van der Waals surface area contributed by atoms with Crippen molar-refractivity contribution in [1.29, 1.82) is 0 Å². The van der Waals surface area contributed by atoms with Gasteiger partial charge in [0.25, 0.3) is 0 Å². The Morgan fingerprint density at radius 2 is 1.63 bits per heavy atom. The first-order chi connectivity index (χ1) is 13.0. The second-order valence-corrected chi connectivity index (χ2v) is 8.36. The molecule has 3 aliphatic heterocycles. The summed E-state index contributed by atoms with van der Waals surface area (Å²) >= 11 is 0. The zero-order valence-corrected chi connectivity index (χ0v) is 15.7. The number of rotatable bonds is 3. The van der Waals surface area contributed by atoms with E-state index in [4.69, 9.17) is 9.47 Å². The second-order valence-electron chi connectivity index (χ2n) is 8.36. The molecule has 0 spiro atoms. The van der Waals surface area contributed by atoms with E-state index >= 15 is 0 Å². The molecule has 3 saturated heterocycles. The molecule has 5 atom stereocenters. The zero-order chi connectivity index (χ0) is 18.6. The smallest absolute Gasteiger partial charge is 0.411 e. The lowest BCUT2D eigenvalue weighted by molar-refractivity contribution is -0.938. The van der Waals surface area contributed by atoms with Gasteiger partial charge in [0.15, 0.2) is 0 Å². The summed E-state index contributed by atoms with van der Waals surface area (Å²) in [4.78, 5) is 12.6. The number of carbonyl (C=O) groups excluding carboxylic acids is 1. The Morgan fingerprint density at radius 1 is 1.00 bits per heavy atom. The maximum Gasteiger partial charge on any atom is 0.411 e. The van der Waals surface area contributed by atoms with Gasteiger partial charge < -0.3 is 14.0 Å². The average molecular weight is 365 g/mol. The third-order valence-electron chi connectivity index (χ3n) is 6.56. The molecule has 5 rings (SSSR count). The quantitative estimate of drug-likeness (QED) is 0.667. The maximum absolute atomic E-state index is 12.6. The molecule has 3 unspecified atom stereocenters. The maximum atomic E-state index is 12.6. The topological polar surface area (TPSA) is 50.9 Å². The third kappa shape index (κ3) is 2.82. The van der Waals surface area contributed by atoms with Crippen molar-refractivity contribution in [3.8, 4) is 11.1 Å². The Hall–Kier alpha value is -2.37. The van der Waals surface area contributed by atoms with Crippen molar-refractivity contribution in [2.45, 2.75) is 43.2 Å². The van der Waals surface area contributed by atoms with E-state index in [-0.39, 0.29) is 12.2 Å². The molecular weight excluding hydrogens is 340 g/mol. The van der Waals surface area contributed by atoms with Crippen LogP contribution in [-0.4, -0.2) is 55.1 Å². The molecule has 27 heavy (non-hydrogen) atoms. The molecule has 2 aromatic rings. The molecule has 0 aliphatic carbocycles. The summed E-state index contributed by atoms with van der Waals surface area (Å²) in [6, 6.07) is 18.7. The van der Waals surface area contributed by atoms with Crippen LogP contribution in [0.1, 0.15) is 12.8 Å². The zero-order valence-electron chi connectivity index (χ0n) is 15.7. The molecule has 2 aromatic carbocycles. The molecule has 140 valence electrons. The van der Waals surface area contributed by atoms with Gasteiger partial charge in [-0.1, -0.05) is 48.5 Å². The van der Waals surface area contributed by atoms with Crippen LogP contribution in [0.4, 0.5) is 10.5 Å². The van der Waals surface area contributed by atoms with Crippen LogP contribution >= 0.6 is 0 Å². The normalized spacial score (nSPS) is 32.4. The Bertz CT molecular complexity index is 847. The van der Waals surface area contributed by atoms with Gasteiger partial charge in [0.1, 0.15) is 30.4 Å². The monoisotopic (exact) mass is 365 g/mol. The van der Waals surface area contributed by atoms with E-state index in [0.717, 1.165) is 34.1 Å². The third-order valence-corrected chi connectivity index (χ3v) is 6.56. The fraction of sp³-hybridized carbons (Fsp3) is 0.409. The molecule has 3 fully saturated rings. The van der Waals surface area contributed by atoms with Crippen LogP contribution in [-0.2, 0) is 9.47 Å². The standard InChI is InChI=1S/C22H24N2O3/c1-24(2)18-12-15(13-19(24)21-20(18)27-21)26-22(25)23-17-11-7-6-10-16(17)14-8-4-3-5-9-14/h3-11,15,18-21H,12-13H2,1-2H3/p+1/t15?,18-,19+,20?,21?. The minimum Gasteiger partial charge on any atom is -0.445 e. The van der Waals surface area contributed by atoms with Gasteiger partial charge in [-0.15, -0.1) is 0 Å². The van der Waals surface area contributed by atoms with Crippen molar-refractivity contribution in [1.82, 2.24) is 0 Å². The van der Waals surface area contributed by atoms with Gasteiger partial charge in [-0.3, -0.25) is 5.32 Å². The van der Waals surface area contributed by atoms with Crippen LogP contribution < -0.4 is 5.32 Å². The molecule has 2 bridgehead atoms. The number of hydrogen-bond donors (Lipinski definition) is 1. The van der Waals surface area contributed by atoms with Gasteiger partial charge in [-0.2, -0.15) is 0 Å². The van der Waals surface area contributed by atoms with Crippen LogP contribution in [0.25, 0.3) is 11.1 Å². The summed E-state index contributed by atoms with van der Waals surface area (Å²) in [6.45, 7) is 0. The molecule has 0 aromatic heterocycles. The minimum atomic E-state index is -0.371. The summed E-state index contributed by atoms with van der Waals surface area (Å²) in [5.74, 6) is 0. The molecule has 3 aliphatic rings. The van der Waals surface area contributed by atoms with E-state index in [1.165, 1.54) is 0 Å². The number of hydrogen-bond acceptors (Lipinski definition) is 3. The van der Waals surface area contributed by atoms with Crippen LogP contribution in [0.3, 0.4) is 0 Å². The highest BCUT2D eigenvalue weighted by molar-refractivity contribution is 5.91. The summed E-state index contributed by atoms with van der Waals surface area (Å²) in [6.07, 6.45) is 2.06. The van der Waals surface area contributed by atoms with E-state index in [1.807, 2.05) is 54.6 Å². The summed E-state index contributed by atoms with van der Waals surface area (Å²) in [5, 5.41) is 2.95. The molecule has 1 N–H and O–H groups in total. The van der Waals surface area contributed by atoms with Crippen molar-refractivity contribution >= 4 is 11.8 Å². The van der Waals surface area contributed by atoms with Gasteiger partial charge in [0.2, 0.25) is 0 Å². The summed E-state index contributed by atoms with van der Waals surface area (Å²) in [5.41, 5.74) is 2.83. The number of piperidine rings is 1. The summed E-state index contributed by atoms with van der Waals surface area (Å²) in [7, 11) is 4.55. The fourth-order valence-electron chi connectivity index (χ4n) is 5.05. The Labute approximate surface area is 159 Å². The van der Waals surface area contributed by atoms with E-state index in [9.17, 15) is 4.79 Å². The minimum absolute atomic E-state index is 0.0357. The largest absolute Gasteiger partial charge is 0.445 e. The van der Waals surface area contributed by atoms with Crippen molar-refractivity contribution in [3.05, 3.63) is 54.6 Å². The first-order valence-electron chi connectivity index (χ1n) is 9.65. The highest BCUT2D eigenvalue weighted by Gasteiger charge is 2.70. The van der Waals surface area contributed by atoms with E-state index in [0.29, 0.717) is 24.3 Å². The first-order valence-corrected chi connectivity index (χ1v) is 9.65. The first kappa shape index (κ1) is 16.8. The van der Waals surface area contributed by atoms with Crippen LogP contribution in [0.5, 0.6) is 0 Å². The molecule has 5 nitrogen and oxygen atoms in total. The number of nitrogens with zero attached hydrogens (tertiary/aromatic N) is 1. The van der Waals surface area contributed by atoms with Gasteiger partial charge in [-0.05, 0) is 11.6 Å². The summed E-state index contributed by atoms with van der Waals surface area (Å²) < 4.78 is 12.6. The molecule has 3 heterocycles. The molecular formula is C22H25N2O3+. The van der Waals surface area contributed by atoms with Crippen molar-refractivity contribution in [2.75, 3.05) is 19.4 Å². The fourth-order valence-corrected chi connectivity index (χ4v) is 5.05. The van der Waals surface area contributed by atoms with Crippen LogP contribution in [0.15, 0.2) is 54.6 Å². The number of amides is 1. The van der Waals surface area contributed by atoms with Gasteiger partial charge >= 0.3 is 6.09 Å². The number of carbonyl (C=O) groups is 1. The number of morpholine rings is 1. The number of likely N-dealkylation sites (N-methyl/N-ethyl adjacent to an activating group) is 1. The number of benzene rings is 2. The predicted molar refractivity (Wildman–Crippen MR) is 103 cm³/mol. The SMILES string of the molecule is C[N+]1(C)[C@@H]2CC(OC(=O)Nc3ccccc3-c3ccccc3)C[C@H]1C1OC12. The Balaban J connectivity index is 1.28. The number of fused-ring (bicyclic) bond motifs is 5. The molecule has 0 radical (unpaired) electrons. The average Bonchev–Trinajstić information content (AvgIpc) is 3.41. The van der Waals surface area contributed by atoms with E-state index in [1.54, 1.807) is 0 Å². The highest BCUT2D eigenvalue weighted by atomic mass is 16.6.